The van der Waals surface area contributed by atoms with Gasteiger partial charge in [0.15, 0.2) is 0 Å². The fraction of sp³-hybridized carbons (Fsp3) is 0. The number of carbonyl (C=O) groups is 1. The fourth-order valence-electron chi connectivity index (χ4n) is 0.562. The van der Waals surface area contributed by atoms with Crippen molar-refractivity contribution in [1.29, 1.82) is 0 Å². The first-order valence-corrected chi connectivity index (χ1v) is 3.07. The standard InChI is InChI=1S/C5H5ClN4O/c6-5-9-1-2(4(8)11)3(7)10-5/h1H,(H2,8,11)(H2,7,9,10). The Bertz CT molecular complexity index is 301. The van der Waals surface area contributed by atoms with Crippen LogP contribution in [0.1, 0.15) is 10.4 Å². The van der Waals surface area contributed by atoms with Crippen molar-refractivity contribution >= 4 is 23.3 Å². The van der Waals surface area contributed by atoms with Gasteiger partial charge in [-0.05, 0) is 11.6 Å². The number of anilines is 1. The Morgan fingerprint density at radius 3 is 2.73 bits per heavy atom. The van der Waals surface area contributed by atoms with E-state index in [1.54, 1.807) is 0 Å². The molecular weight excluding hydrogens is 168 g/mol. The largest absolute Gasteiger partial charge is 0.383 e. The van der Waals surface area contributed by atoms with Crippen LogP contribution in [0.2, 0.25) is 5.28 Å². The first-order valence-electron chi connectivity index (χ1n) is 2.69. The minimum Gasteiger partial charge on any atom is -0.383 e. The van der Waals surface area contributed by atoms with Crippen LogP contribution in [-0.2, 0) is 0 Å². The van der Waals surface area contributed by atoms with Gasteiger partial charge >= 0.3 is 0 Å². The molecule has 58 valence electrons. The van der Waals surface area contributed by atoms with Crippen LogP contribution in [-0.4, -0.2) is 15.9 Å². The van der Waals surface area contributed by atoms with Crippen molar-refractivity contribution in [3.63, 3.8) is 0 Å². The molecule has 1 rings (SSSR count). The molecule has 0 atom stereocenters. The summed E-state index contributed by atoms with van der Waals surface area (Å²) in [7, 11) is 0. The molecule has 11 heavy (non-hydrogen) atoms. The normalized spacial score (nSPS) is 9.55. The second-order valence-corrected chi connectivity index (χ2v) is 2.14. The van der Waals surface area contributed by atoms with Crippen molar-refractivity contribution in [3.8, 4) is 0 Å². The van der Waals surface area contributed by atoms with Crippen molar-refractivity contribution in [2.24, 2.45) is 5.73 Å². The summed E-state index contributed by atoms with van der Waals surface area (Å²) in [5.41, 5.74) is 10.3. The summed E-state index contributed by atoms with van der Waals surface area (Å²) in [6, 6.07) is 0. The van der Waals surface area contributed by atoms with E-state index in [4.69, 9.17) is 23.1 Å². The minimum absolute atomic E-state index is 0.00231. The lowest BCUT2D eigenvalue weighted by Gasteiger charge is -1.97. The van der Waals surface area contributed by atoms with Gasteiger partial charge in [-0.2, -0.15) is 0 Å². The second-order valence-electron chi connectivity index (χ2n) is 1.80. The van der Waals surface area contributed by atoms with Gasteiger partial charge in [0.1, 0.15) is 5.82 Å². The molecule has 1 aromatic rings. The lowest BCUT2D eigenvalue weighted by molar-refractivity contribution is 0.100. The molecule has 0 aliphatic rings. The summed E-state index contributed by atoms with van der Waals surface area (Å²) in [6.45, 7) is 0. The van der Waals surface area contributed by atoms with Gasteiger partial charge in [0, 0.05) is 6.20 Å². The lowest BCUT2D eigenvalue weighted by atomic mass is 10.3. The first kappa shape index (κ1) is 7.74. The number of nitrogens with two attached hydrogens (primary N) is 2. The van der Waals surface area contributed by atoms with Gasteiger partial charge in [-0.3, -0.25) is 4.79 Å². The molecule has 0 radical (unpaired) electrons. The summed E-state index contributed by atoms with van der Waals surface area (Å²) in [5, 5.41) is -0.00694. The zero-order valence-electron chi connectivity index (χ0n) is 5.41. The van der Waals surface area contributed by atoms with Gasteiger partial charge in [0.2, 0.25) is 5.28 Å². The Labute approximate surface area is 67.4 Å². The van der Waals surface area contributed by atoms with Crippen LogP contribution in [0.3, 0.4) is 0 Å². The number of aromatic nitrogens is 2. The molecule has 0 aliphatic carbocycles. The van der Waals surface area contributed by atoms with Gasteiger partial charge in [-0.1, -0.05) is 0 Å². The molecule has 6 heteroatoms. The number of hydrogen-bond acceptors (Lipinski definition) is 4. The molecule has 0 bridgehead atoms. The smallest absolute Gasteiger partial charge is 0.254 e. The van der Waals surface area contributed by atoms with Gasteiger partial charge < -0.3 is 11.5 Å². The molecule has 1 aromatic heterocycles. The fourth-order valence-corrected chi connectivity index (χ4v) is 0.702. The molecule has 0 saturated carbocycles. The van der Waals surface area contributed by atoms with Crippen LogP contribution < -0.4 is 11.5 Å². The number of rotatable bonds is 1. The topological polar surface area (TPSA) is 94.9 Å². The molecule has 5 nitrogen and oxygen atoms in total. The SMILES string of the molecule is NC(=O)c1cnc(Cl)nc1N. The average molecular weight is 173 g/mol. The number of halogens is 1. The van der Waals surface area contributed by atoms with Crippen molar-refractivity contribution in [2.45, 2.75) is 0 Å². The maximum atomic E-state index is 10.6. The Kier molecular flexibility index (Phi) is 1.91. The molecule has 4 N–H and O–H groups in total. The van der Waals surface area contributed by atoms with E-state index in [0.717, 1.165) is 0 Å². The van der Waals surface area contributed by atoms with E-state index >= 15 is 0 Å². The van der Waals surface area contributed by atoms with Crippen LogP contribution >= 0.6 is 11.6 Å². The van der Waals surface area contributed by atoms with Crippen molar-refractivity contribution < 1.29 is 4.79 Å². The van der Waals surface area contributed by atoms with Crippen molar-refractivity contribution in [2.75, 3.05) is 5.73 Å². The van der Waals surface area contributed by atoms with Crippen LogP contribution in [0, 0.1) is 0 Å². The number of nitrogen functional groups attached to an aromatic ring is 1. The molecule has 0 unspecified atom stereocenters. The third kappa shape index (κ3) is 1.56. The van der Waals surface area contributed by atoms with E-state index in [0.29, 0.717) is 0 Å². The molecule has 0 fully saturated rings. The molecule has 0 aliphatic heterocycles. The Morgan fingerprint density at radius 1 is 1.64 bits per heavy atom. The molecule has 0 aromatic carbocycles. The molecule has 0 saturated heterocycles. The number of primary amides is 1. The Balaban J connectivity index is 3.20. The highest BCUT2D eigenvalue weighted by Crippen LogP contribution is 2.08. The predicted octanol–water partition coefficient (Wildman–Crippen LogP) is -0.189. The molecule has 1 heterocycles. The highest BCUT2D eigenvalue weighted by molar-refractivity contribution is 6.28. The lowest BCUT2D eigenvalue weighted by Crippen LogP contribution is -2.14. The van der Waals surface area contributed by atoms with Crippen LogP contribution in [0.5, 0.6) is 0 Å². The average Bonchev–Trinajstić information content (AvgIpc) is 1.85. The zero-order chi connectivity index (χ0) is 8.43. The highest BCUT2D eigenvalue weighted by atomic mass is 35.5. The summed E-state index contributed by atoms with van der Waals surface area (Å²) >= 11 is 5.37. The van der Waals surface area contributed by atoms with Gasteiger partial charge in [-0.15, -0.1) is 0 Å². The van der Waals surface area contributed by atoms with E-state index < -0.39 is 5.91 Å². The quantitative estimate of drug-likeness (QED) is 0.574. The van der Waals surface area contributed by atoms with Gasteiger partial charge in [0.05, 0.1) is 5.56 Å². The maximum absolute atomic E-state index is 10.6. The number of carbonyl (C=O) groups excluding carboxylic acids is 1. The van der Waals surface area contributed by atoms with Crippen molar-refractivity contribution in [1.82, 2.24) is 9.97 Å². The monoisotopic (exact) mass is 172 g/mol. The summed E-state index contributed by atoms with van der Waals surface area (Å²) < 4.78 is 0. The number of hydrogen-bond donors (Lipinski definition) is 2. The van der Waals surface area contributed by atoms with Crippen molar-refractivity contribution in [3.05, 3.63) is 17.0 Å². The van der Waals surface area contributed by atoms with E-state index in [2.05, 4.69) is 9.97 Å². The number of nitrogens with zero attached hydrogens (tertiary/aromatic N) is 2. The third-order valence-corrected chi connectivity index (χ3v) is 1.24. The van der Waals surface area contributed by atoms with Crippen LogP contribution in [0.15, 0.2) is 6.20 Å². The van der Waals surface area contributed by atoms with E-state index in [9.17, 15) is 4.79 Å². The maximum Gasteiger partial charge on any atom is 0.254 e. The summed E-state index contributed by atoms with van der Waals surface area (Å²) in [5.74, 6) is -0.670. The molecule has 0 spiro atoms. The minimum atomic E-state index is -0.667. The van der Waals surface area contributed by atoms with Crippen LogP contribution in [0.4, 0.5) is 5.82 Å². The van der Waals surface area contributed by atoms with Crippen LogP contribution in [0.25, 0.3) is 0 Å². The predicted molar refractivity (Wildman–Crippen MR) is 40.0 cm³/mol. The zero-order valence-corrected chi connectivity index (χ0v) is 6.17. The Hall–Kier alpha value is -1.36. The summed E-state index contributed by atoms with van der Waals surface area (Å²) in [4.78, 5) is 17.6. The highest BCUT2D eigenvalue weighted by Gasteiger charge is 2.07. The first-order chi connectivity index (χ1) is 5.11. The third-order valence-electron chi connectivity index (χ3n) is 1.05. The molecule has 1 amide bonds. The van der Waals surface area contributed by atoms with E-state index in [1.807, 2.05) is 0 Å². The summed E-state index contributed by atoms with van der Waals surface area (Å²) in [6.07, 6.45) is 1.19. The molecular formula is C5H5ClN4O. The van der Waals surface area contributed by atoms with Gasteiger partial charge in [-0.25, -0.2) is 9.97 Å². The van der Waals surface area contributed by atoms with E-state index in [-0.39, 0.29) is 16.7 Å². The van der Waals surface area contributed by atoms with E-state index in [1.165, 1.54) is 6.20 Å². The number of amides is 1. The Morgan fingerprint density at radius 2 is 2.27 bits per heavy atom. The van der Waals surface area contributed by atoms with Gasteiger partial charge in [0.25, 0.3) is 5.91 Å². The second kappa shape index (κ2) is 2.71.